The van der Waals surface area contributed by atoms with Crippen molar-refractivity contribution in [3.05, 3.63) is 52.5 Å². The molecule has 0 aliphatic carbocycles. The highest BCUT2D eigenvalue weighted by Gasteiger charge is 2.06. The lowest BCUT2D eigenvalue weighted by atomic mass is 10.2. The van der Waals surface area contributed by atoms with Crippen LogP contribution >= 0.6 is 15.9 Å². The Morgan fingerprint density at radius 1 is 1.33 bits per heavy atom. The Hall–Kier alpha value is -1.46. The van der Waals surface area contributed by atoms with Crippen molar-refractivity contribution in [3.63, 3.8) is 0 Å². The van der Waals surface area contributed by atoms with Gasteiger partial charge in [0, 0.05) is 0 Å². The van der Waals surface area contributed by atoms with E-state index in [1.807, 2.05) is 0 Å². The van der Waals surface area contributed by atoms with Gasteiger partial charge in [0.1, 0.15) is 17.3 Å². The van der Waals surface area contributed by atoms with Crippen molar-refractivity contribution in [2.45, 2.75) is 13.0 Å². The van der Waals surface area contributed by atoms with Gasteiger partial charge in [-0.1, -0.05) is 0 Å². The van der Waals surface area contributed by atoms with E-state index < -0.39 is 6.10 Å². The number of benzene rings is 1. The summed E-state index contributed by atoms with van der Waals surface area (Å²) in [5, 5.41) is 9.33. The summed E-state index contributed by atoms with van der Waals surface area (Å²) in [7, 11) is 0. The van der Waals surface area contributed by atoms with Crippen LogP contribution in [0.15, 0.2) is 41.0 Å². The molecule has 5 heteroatoms. The maximum Gasteiger partial charge on any atom is 0.145 e. The van der Waals surface area contributed by atoms with Gasteiger partial charge in [-0.05, 0) is 53.2 Å². The molecule has 1 aromatic carbocycles. The van der Waals surface area contributed by atoms with Crippen LogP contribution in [0, 0.1) is 5.82 Å². The van der Waals surface area contributed by atoms with E-state index in [0.717, 1.165) is 0 Å². The highest BCUT2D eigenvalue weighted by molar-refractivity contribution is 9.10. The zero-order chi connectivity index (χ0) is 13.1. The molecule has 94 valence electrons. The number of ether oxygens (including phenoxy) is 1. The summed E-state index contributed by atoms with van der Waals surface area (Å²) in [6, 6.07) is 7.55. The number of hydrogen-bond acceptors (Lipinski definition) is 3. The average Bonchev–Trinajstić information content (AvgIpc) is 2.33. The van der Waals surface area contributed by atoms with Crippen LogP contribution in [0.4, 0.5) is 4.39 Å². The van der Waals surface area contributed by atoms with E-state index in [0.29, 0.717) is 21.7 Å². The van der Waals surface area contributed by atoms with Crippen LogP contribution in [0.2, 0.25) is 0 Å². The smallest absolute Gasteiger partial charge is 0.145 e. The standard InChI is InChI=1S/C13H11BrFNO2/c1-8(17)12-4-3-10(7-16-12)18-13-5-2-9(15)6-11(13)14/h2-8,17H,1H3. The van der Waals surface area contributed by atoms with E-state index >= 15 is 0 Å². The lowest BCUT2D eigenvalue weighted by Gasteiger charge is -2.08. The van der Waals surface area contributed by atoms with Crippen molar-refractivity contribution in [2.24, 2.45) is 0 Å². The molecule has 1 aromatic heterocycles. The molecular weight excluding hydrogens is 301 g/mol. The van der Waals surface area contributed by atoms with Gasteiger partial charge in [0.25, 0.3) is 0 Å². The van der Waals surface area contributed by atoms with Gasteiger partial charge in [-0.3, -0.25) is 4.98 Å². The molecule has 1 heterocycles. The Balaban J connectivity index is 2.18. The molecule has 0 aliphatic rings. The van der Waals surface area contributed by atoms with Crippen LogP contribution in [-0.4, -0.2) is 10.1 Å². The summed E-state index contributed by atoms with van der Waals surface area (Å²) >= 11 is 3.22. The molecule has 0 spiro atoms. The third-order valence-corrected chi connectivity index (χ3v) is 2.93. The van der Waals surface area contributed by atoms with Gasteiger partial charge in [-0.15, -0.1) is 0 Å². The Morgan fingerprint density at radius 2 is 2.11 bits per heavy atom. The van der Waals surface area contributed by atoms with Gasteiger partial charge >= 0.3 is 0 Å². The van der Waals surface area contributed by atoms with Crippen LogP contribution in [0.5, 0.6) is 11.5 Å². The van der Waals surface area contributed by atoms with Gasteiger partial charge < -0.3 is 9.84 Å². The van der Waals surface area contributed by atoms with Crippen LogP contribution in [0.1, 0.15) is 18.7 Å². The zero-order valence-electron chi connectivity index (χ0n) is 9.60. The fourth-order valence-corrected chi connectivity index (χ4v) is 1.82. The van der Waals surface area contributed by atoms with Gasteiger partial charge in [0.2, 0.25) is 0 Å². The summed E-state index contributed by atoms with van der Waals surface area (Å²) in [6.45, 7) is 1.64. The van der Waals surface area contributed by atoms with Crippen LogP contribution in [0.3, 0.4) is 0 Å². The number of hydrogen-bond donors (Lipinski definition) is 1. The zero-order valence-corrected chi connectivity index (χ0v) is 11.2. The Labute approximate surface area is 112 Å². The third kappa shape index (κ3) is 3.05. The number of aliphatic hydroxyl groups excluding tert-OH is 1. The van der Waals surface area contributed by atoms with Crippen molar-refractivity contribution in [1.29, 1.82) is 0 Å². The molecule has 1 unspecified atom stereocenters. The molecule has 2 rings (SSSR count). The summed E-state index contributed by atoms with van der Waals surface area (Å²) in [5.41, 5.74) is 0.570. The molecule has 0 aliphatic heterocycles. The minimum atomic E-state index is -0.614. The number of nitrogens with zero attached hydrogens (tertiary/aromatic N) is 1. The van der Waals surface area contributed by atoms with E-state index in [2.05, 4.69) is 20.9 Å². The monoisotopic (exact) mass is 311 g/mol. The number of aromatic nitrogens is 1. The predicted octanol–water partition coefficient (Wildman–Crippen LogP) is 3.83. The SMILES string of the molecule is CC(O)c1ccc(Oc2ccc(F)cc2Br)cn1. The topological polar surface area (TPSA) is 42.4 Å². The molecule has 0 amide bonds. The molecule has 18 heavy (non-hydrogen) atoms. The van der Waals surface area contributed by atoms with Crippen molar-refractivity contribution >= 4 is 15.9 Å². The number of rotatable bonds is 3. The van der Waals surface area contributed by atoms with Gasteiger partial charge in [0.05, 0.1) is 22.5 Å². The fourth-order valence-electron chi connectivity index (χ4n) is 1.38. The Kier molecular flexibility index (Phi) is 3.93. The molecular formula is C13H11BrFNO2. The van der Waals surface area contributed by atoms with Gasteiger partial charge in [-0.2, -0.15) is 0 Å². The van der Waals surface area contributed by atoms with E-state index in [1.165, 1.54) is 24.4 Å². The molecule has 0 radical (unpaired) electrons. The number of pyridine rings is 1. The maximum atomic E-state index is 12.9. The second kappa shape index (κ2) is 5.46. The fraction of sp³-hybridized carbons (Fsp3) is 0.154. The van der Waals surface area contributed by atoms with Gasteiger partial charge in [0.15, 0.2) is 0 Å². The molecule has 0 saturated heterocycles. The highest BCUT2D eigenvalue weighted by atomic mass is 79.9. The van der Waals surface area contributed by atoms with E-state index in [4.69, 9.17) is 4.74 Å². The van der Waals surface area contributed by atoms with E-state index in [9.17, 15) is 9.50 Å². The predicted molar refractivity (Wildman–Crippen MR) is 69.0 cm³/mol. The normalized spacial score (nSPS) is 12.2. The van der Waals surface area contributed by atoms with Crippen molar-refractivity contribution in [2.75, 3.05) is 0 Å². The maximum absolute atomic E-state index is 12.9. The Bertz CT molecular complexity index is 543. The summed E-state index contributed by atoms with van der Waals surface area (Å²) < 4.78 is 19.0. The summed E-state index contributed by atoms with van der Waals surface area (Å²) in [4.78, 5) is 4.06. The average molecular weight is 312 g/mol. The van der Waals surface area contributed by atoms with Crippen molar-refractivity contribution in [1.82, 2.24) is 4.98 Å². The van der Waals surface area contributed by atoms with Gasteiger partial charge in [-0.25, -0.2) is 4.39 Å². The molecule has 0 fully saturated rings. The number of aliphatic hydroxyl groups is 1. The first-order valence-corrected chi connectivity index (χ1v) is 6.12. The van der Waals surface area contributed by atoms with Crippen LogP contribution < -0.4 is 4.74 Å². The molecule has 1 N–H and O–H groups in total. The van der Waals surface area contributed by atoms with Crippen LogP contribution in [0.25, 0.3) is 0 Å². The first-order valence-electron chi connectivity index (χ1n) is 5.33. The lowest BCUT2D eigenvalue weighted by molar-refractivity contribution is 0.194. The minimum Gasteiger partial charge on any atom is -0.455 e. The highest BCUT2D eigenvalue weighted by Crippen LogP contribution is 2.30. The van der Waals surface area contributed by atoms with E-state index in [-0.39, 0.29) is 5.82 Å². The molecule has 3 nitrogen and oxygen atoms in total. The number of halogens is 2. The van der Waals surface area contributed by atoms with Crippen molar-refractivity contribution in [3.8, 4) is 11.5 Å². The summed E-state index contributed by atoms with van der Waals surface area (Å²) in [5.74, 6) is 0.687. The second-order valence-corrected chi connectivity index (χ2v) is 4.63. The molecule has 0 saturated carbocycles. The summed E-state index contributed by atoms with van der Waals surface area (Å²) in [6.07, 6.45) is 0.898. The quantitative estimate of drug-likeness (QED) is 0.936. The Morgan fingerprint density at radius 3 is 2.67 bits per heavy atom. The first kappa shape index (κ1) is 13.0. The molecule has 2 aromatic rings. The lowest BCUT2D eigenvalue weighted by Crippen LogP contribution is -1.95. The molecule has 1 atom stereocenters. The second-order valence-electron chi connectivity index (χ2n) is 3.77. The largest absolute Gasteiger partial charge is 0.455 e. The third-order valence-electron chi connectivity index (χ3n) is 2.31. The molecule has 0 bridgehead atoms. The van der Waals surface area contributed by atoms with Crippen molar-refractivity contribution < 1.29 is 14.2 Å². The van der Waals surface area contributed by atoms with E-state index in [1.54, 1.807) is 19.1 Å². The van der Waals surface area contributed by atoms with Crippen LogP contribution in [-0.2, 0) is 0 Å². The minimum absolute atomic E-state index is 0.336. The first-order chi connectivity index (χ1) is 8.56.